The van der Waals surface area contributed by atoms with Gasteiger partial charge >= 0.3 is 0 Å². The summed E-state index contributed by atoms with van der Waals surface area (Å²) in [6, 6.07) is 19.8. The van der Waals surface area contributed by atoms with Crippen molar-refractivity contribution in [1.29, 1.82) is 5.26 Å². The van der Waals surface area contributed by atoms with Crippen molar-refractivity contribution in [3.05, 3.63) is 64.9 Å². The molecular weight excluding hydrogens is 280 g/mol. The van der Waals surface area contributed by atoms with Crippen molar-refractivity contribution in [2.24, 2.45) is 0 Å². The molecule has 0 saturated carbocycles. The SMILES string of the molecule is N#CCc1ccc(-n2c(-c3ccccc3)n[nH]c2=S)cc1. The Morgan fingerprint density at radius 1 is 1.10 bits per heavy atom. The molecule has 0 fully saturated rings. The normalized spacial score (nSPS) is 10.2. The molecule has 1 aromatic heterocycles. The number of hydrogen-bond donors (Lipinski definition) is 1. The maximum atomic E-state index is 8.72. The van der Waals surface area contributed by atoms with Gasteiger partial charge in [-0.2, -0.15) is 10.4 Å². The Labute approximate surface area is 127 Å². The molecule has 0 atom stereocenters. The van der Waals surface area contributed by atoms with Crippen LogP contribution in [-0.2, 0) is 6.42 Å². The number of aromatic nitrogens is 3. The number of H-pyrrole nitrogens is 1. The second-order valence-electron chi connectivity index (χ2n) is 4.56. The maximum absolute atomic E-state index is 8.72. The highest BCUT2D eigenvalue weighted by molar-refractivity contribution is 7.71. The van der Waals surface area contributed by atoms with Gasteiger partial charge in [0.25, 0.3) is 0 Å². The van der Waals surface area contributed by atoms with Crippen LogP contribution in [0.25, 0.3) is 17.1 Å². The summed E-state index contributed by atoms with van der Waals surface area (Å²) >= 11 is 5.33. The molecule has 3 aromatic rings. The lowest BCUT2D eigenvalue weighted by molar-refractivity contribution is 1.03. The molecule has 0 radical (unpaired) electrons. The minimum atomic E-state index is 0.405. The molecule has 0 amide bonds. The molecule has 0 bridgehead atoms. The predicted molar refractivity (Wildman–Crippen MR) is 83.5 cm³/mol. The Morgan fingerprint density at radius 2 is 1.81 bits per heavy atom. The third-order valence-corrected chi connectivity index (χ3v) is 3.46. The van der Waals surface area contributed by atoms with E-state index in [1.807, 2.05) is 59.2 Å². The van der Waals surface area contributed by atoms with Gasteiger partial charge in [0.1, 0.15) is 0 Å². The fraction of sp³-hybridized carbons (Fsp3) is 0.0625. The average Bonchev–Trinajstić information content (AvgIpc) is 2.91. The number of nitriles is 1. The molecule has 21 heavy (non-hydrogen) atoms. The van der Waals surface area contributed by atoms with Crippen molar-refractivity contribution < 1.29 is 0 Å². The molecule has 3 rings (SSSR count). The van der Waals surface area contributed by atoms with Crippen molar-refractivity contribution in [2.45, 2.75) is 6.42 Å². The topological polar surface area (TPSA) is 57.4 Å². The quantitative estimate of drug-likeness (QED) is 0.749. The third-order valence-electron chi connectivity index (χ3n) is 3.18. The molecule has 0 aliphatic heterocycles. The second-order valence-corrected chi connectivity index (χ2v) is 4.94. The summed E-state index contributed by atoms with van der Waals surface area (Å²) in [6.07, 6.45) is 0.405. The first-order chi connectivity index (χ1) is 10.3. The summed E-state index contributed by atoms with van der Waals surface area (Å²) in [5.74, 6) is 0.772. The monoisotopic (exact) mass is 292 g/mol. The van der Waals surface area contributed by atoms with Gasteiger partial charge < -0.3 is 0 Å². The molecule has 0 spiro atoms. The van der Waals surface area contributed by atoms with Gasteiger partial charge in [0.15, 0.2) is 10.6 Å². The van der Waals surface area contributed by atoms with Gasteiger partial charge in [-0.05, 0) is 29.9 Å². The van der Waals surface area contributed by atoms with Crippen molar-refractivity contribution in [1.82, 2.24) is 14.8 Å². The number of hydrogen-bond acceptors (Lipinski definition) is 3. The predicted octanol–water partition coefficient (Wildman–Crippen LogP) is 3.66. The van der Waals surface area contributed by atoms with Crippen LogP contribution in [0.5, 0.6) is 0 Å². The minimum Gasteiger partial charge on any atom is -0.268 e. The van der Waals surface area contributed by atoms with E-state index in [9.17, 15) is 0 Å². The summed E-state index contributed by atoms with van der Waals surface area (Å²) < 4.78 is 2.43. The number of benzene rings is 2. The van der Waals surface area contributed by atoms with Gasteiger partial charge in [-0.25, -0.2) is 0 Å². The zero-order chi connectivity index (χ0) is 14.7. The maximum Gasteiger partial charge on any atom is 0.200 e. The molecular formula is C16H12N4S. The molecule has 5 heteroatoms. The van der Waals surface area contributed by atoms with Gasteiger partial charge in [0, 0.05) is 11.3 Å². The molecule has 102 valence electrons. The van der Waals surface area contributed by atoms with Crippen LogP contribution in [0, 0.1) is 16.1 Å². The molecule has 1 N–H and O–H groups in total. The zero-order valence-electron chi connectivity index (χ0n) is 11.2. The zero-order valence-corrected chi connectivity index (χ0v) is 12.0. The van der Waals surface area contributed by atoms with E-state index >= 15 is 0 Å². The minimum absolute atomic E-state index is 0.405. The van der Waals surface area contributed by atoms with Gasteiger partial charge in [0.2, 0.25) is 0 Å². The van der Waals surface area contributed by atoms with Crippen LogP contribution >= 0.6 is 12.2 Å². The van der Waals surface area contributed by atoms with Gasteiger partial charge in [-0.15, -0.1) is 0 Å². The number of aromatic amines is 1. The number of rotatable bonds is 3. The smallest absolute Gasteiger partial charge is 0.200 e. The lowest BCUT2D eigenvalue weighted by atomic mass is 10.1. The van der Waals surface area contributed by atoms with Gasteiger partial charge in [-0.3, -0.25) is 9.67 Å². The Balaban J connectivity index is 2.09. The van der Waals surface area contributed by atoms with E-state index in [1.165, 1.54) is 0 Å². The van der Waals surface area contributed by atoms with E-state index in [0.29, 0.717) is 11.2 Å². The highest BCUT2D eigenvalue weighted by atomic mass is 32.1. The fourth-order valence-corrected chi connectivity index (χ4v) is 2.41. The summed E-state index contributed by atoms with van der Waals surface area (Å²) in [5, 5.41) is 15.9. The van der Waals surface area contributed by atoms with E-state index in [1.54, 1.807) is 0 Å². The van der Waals surface area contributed by atoms with E-state index in [2.05, 4.69) is 16.3 Å². The molecule has 2 aromatic carbocycles. The molecule has 0 aliphatic carbocycles. The van der Waals surface area contributed by atoms with Crippen LogP contribution < -0.4 is 0 Å². The Hall–Kier alpha value is -2.71. The highest BCUT2D eigenvalue weighted by Crippen LogP contribution is 2.21. The average molecular weight is 292 g/mol. The molecule has 0 aliphatic rings. The van der Waals surface area contributed by atoms with Gasteiger partial charge in [0.05, 0.1) is 12.5 Å². The van der Waals surface area contributed by atoms with Crippen LogP contribution in [-0.4, -0.2) is 14.8 Å². The van der Waals surface area contributed by atoms with E-state index in [0.717, 1.165) is 22.6 Å². The first kappa shape index (κ1) is 13.3. The Morgan fingerprint density at radius 3 is 2.48 bits per heavy atom. The lowest BCUT2D eigenvalue weighted by Gasteiger charge is -2.07. The second kappa shape index (κ2) is 5.73. The van der Waals surface area contributed by atoms with Crippen LogP contribution in [0.1, 0.15) is 5.56 Å². The Kier molecular flexibility index (Phi) is 3.63. The van der Waals surface area contributed by atoms with Crippen LogP contribution in [0.3, 0.4) is 0 Å². The lowest BCUT2D eigenvalue weighted by Crippen LogP contribution is -1.98. The standard InChI is InChI=1S/C16H12N4S/c17-11-10-12-6-8-14(9-7-12)20-15(18-19-16(20)21)13-4-2-1-3-5-13/h1-9H,10H2,(H,19,21). The Bertz CT molecular complexity index is 838. The first-order valence-corrected chi connectivity index (χ1v) is 6.89. The number of nitrogens with zero attached hydrogens (tertiary/aromatic N) is 3. The summed E-state index contributed by atoms with van der Waals surface area (Å²) in [5.41, 5.74) is 2.90. The molecule has 1 heterocycles. The highest BCUT2D eigenvalue weighted by Gasteiger charge is 2.10. The first-order valence-electron chi connectivity index (χ1n) is 6.48. The van der Waals surface area contributed by atoms with Gasteiger partial charge in [-0.1, -0.05) is 42.5 Å². The largest absolute Gasteiger partial charge is 0.268 e. The van der Waals surface area contributed by atoms with Crippen molar-refractivity contribution in [3.63, 3.8) is 0 Å². The summed E-state index contributed by atoms with van der Waals surface area (Å²) in [6.45, 7) is 0. The molecule has 0 saturated heterocycles. The van der Waals surface area contributed by atoms with Crippen molar-refractivity contribution in [2.75, 3.05) is 0 Å². The molecule has 4 nitrogen and oxygen atoms in total. The van der Waals surface area contributed by atoms with Crippen LogP contribution in [0.2, 0.25) is 0 Å². The third kappa shape index (κ3) is 2.62. The van der Waals surface area contributed by atoms with E-state index in [4.69, 9.17) is 17.5 Å². The summed E-state index contributed by atoms with van der Waals surface area (Å²) in [4.78, 5) is 0. The van der Waals surface area contributed by atoms with E-state index in [-0.39, 0.29) is 0 Å². The van der Waals surface area contributed by atoms with Crippen LogP contribution in [0.15, 0.2) is 54.6 Å². The van der Waals surface area contributed by atoms with Crippen LogP contribution in [0.4, 0.5) is 0 Å². The fourth-order valence-electron chi connectivity index (χ4n) is 2.17. The van der Waals surface area contributed by atoms with Crippen molar-refractivity contribution in [3.8, 4) is 23.1 Å². The van der Waals surface area contributed by atoms with E-state index < -0.39 is 0 Å². The van der Waals surface area contributed by atoms with Crippen molar-refractivity contribution >= 4 is 12.2 Å². The molecule has 0 unspecified atom stereocenters. The summed E-state index contributed by atoms with van der Waals surface area (Å²) in [7, 11) is 0. The number of nitrogens with one attached hydrogen (secondary N) is 1.